The molecule has 0 fully saturated rings. The summed E-state index contributed by atoms with van der Waals surface area (Å²) < 4.78 is 5.44. The van der Waals surface area contributed by atoms with E-state index in [0.29, 0.717) is 0 Å². The van der Waals surface area contributed by atoms with Crippen LogP contribution >= 0.6 is 15.9 Å². The van der Waals surface area contributed by atoms with Crippen molar-refractivity contribution in [2.45, 2.75) is 13.8 Å². The third-order valence-corrected chi connectivity index (χ3v) is 5.14. The minimum Gasteiger partial charge on any atom is -0.319 e. The summed E-state index contributed by atoms with van der Waals surface area (Å²) in [6.07, 6.45) is 3.95. The molecule has 0 radical (unpaired) electrons. The molecule has 0 aliphatic carbocycles. The fourth-order valence-corrected chi connectivity index (χ4v) is 3.50. The number of hydrogen-bond acceptors (Lipinski definition) is 1. The maximum absolute atomic E-state index is 4.66. The normalized spacial score (nSPS) is 11.4. The Kier molecular flexibility index (Phi) is 4.82. The lowest BCUT2D eigenvalue weighted by atomic mass is 10.2. The van der Waals surface area contributed by atoms with Crippen molar-refractivity contribution in [3.05, 3.63) is 101 Å². The number of benzene rings is 2. The van der Waals surface area contributed by atoms with Crippen LogP contribution in [-0.4, -0.2) is 15.3 Å². The van der Waals surface area contributed by atoms with Crippen molar-refractivity contribution in [2.75, 3.05) is 0 Å². The van der Waals surface area contributed by atoms with Crippen LogP contribution in [0.25, 0.3) is 11.4 Å². The highest BCUT2D eigenvalue weighted by atomic mass is 79.9. The molecule has 4 aromatic rings. The molecular weight excluding hydrogens is 398 g/mol. The Hall–Kier alpha value is -2.85. The molecule has 3 nitrogen and oxygen atoms in total. The van der Waals surface area contributed by atoms with E-state index in [1.54, 1.807) is 0 Å². The highest BCUT2D eigenvalue weighted by Gasteiger charge is 2.04. The van der Waals surface area contributed by atoms with E-state index < -0.39 is 0 Å². The lowest BCUT2D eigenvalue weighted by molar-refractivity contribution is 0.966. The molecule has 2 heterocycles. The summed E-state index contributed by atoms with van der Waals surface area (Å²) in [5, 5.41) is 0. The third kappa shape index (κ3) is 3.67. The molecule has 27 heavy (non-hydrogen) atoms. The molecule has 0 N–H and O–H groups in total. The van der Waals surface area contributed by atoms with Gasteiger partial charge in [0, 0.05) is 33.4 Å². The number of aryl methyl sites for hydroxylation is 2. The Morgan fingerprint density at radius 2 is 1.41 bits per heavy atom. The first-order valence-electron chi connectivity index (χ1n) is 8.84. The summed E-state index contributed by atoms with van der Waals surface area (Å²) in [5.41, 5.74) is 6.71. The van der Waals surface area contributed by atoms with Gasteiger partial charge in [0.15, 0.2) is 0 Å². The van der Waals surface area contributed by atoms with Gasteiger partial charge in [-0.05, 0) is 86.6 Å². The molecule has 2 aromatic heterocycles. The van der Waals surface area contributed by atoms with E-state index in [4.69, 9.17) is 0 Å². The molecule has 4 rings (SSSR count). The van der Waals surface area contributed by atoms with E-state index >= 15 is 0 Å². The number of rotatable bonds is 4. The molecule has 134 valence electrons. The Labute approximate surface area is 167 Å². The van der Waals surface area contributed by atoms with Gasteiger partial charge in [0.05, 0.1) is 17.6 Å². The second-order valence-electron chi connectivity index (χ2n) is 6.51. The monoisotopic (exact) mass is 417 g/mol. The van der Waals surface area contributed by atoms with Crippen molar-refractivity contribution in [3.8, 4) is 11.4 Å². The first-order chi connectivity index (χ1) is 13.1. The van der Waals surface area contributed by atoms with Gasteiger partial charge in [-0.25, -0.2) is 0 Å². The summed E-state index contributed by atoms with van der Waals surface area (Å²) in [6, 6.07) is 24.9. The van der Waals surface area contributed by atoms with Crippen LogP contribution in [0.3, 0.4) is 0 Å². The number of halogens is 1. The van der Waals surface area contributed by atoms with Gasteiger partial charge in [-0.3, -0.25) is 4.99 Å². The fourth-order valence-electron chi connectivity index (χ4n) is 3.24. The van der Waals surface area contributed by atoms with Crippen molar-refractivity contribution in [3.63, 3.8) is 0 Å². The Morgan fingerprint density at radius 1 is 0.778 bits per heavy atom. The zero-order valence-electron chi connectivity index (χ0n) is 15.3. The van der Waals surface area contributed by atoms with E-state index in [2.05, 4.69) is 98.5 Å². The van der Waals surface area contributed by atoms with Crippen molar-refractivity contribution in [2.24, 2.45) is 4.99 Å². The average Bonchev–Trinajstić information content (AvgIpc) is 3.28. The number of aromatic nitrogens is 2. The third-order valence-electron chi connectivity index (χ3n) is 4.61. The molecule has 0 spiro atoms. The molecule has 0 saturated heterocycles. The summed E-state index contributed by atoms with van der Waals surface area (Å²) in [6.45, 7) is 4.24. The van der Waals surface area contributed by atoms with Gasteiger partial charge >= 0.3 is 0 Å². The van der Waals surface area contributed by atoms with Crippen LogP contribution < -0.4 is 0 Å². The highest BCUT2D eigenvalue weighted by Crippen LogP contribution is 2.21. The molecule has 0 unspecified atom stereocenters. The van der Waals surface area contributed by atoms with Gasteiger partial charge in [0.1, 0.15) is 0 Å². The summed E-state index contributed by atoms with van der Waals surface area (Å²) in [4.78, 5) is 4.66. The predicted octanol–water partition coefficient (Wildman–Crippen LogP) is 6.40. The van der Waals surface area contributed by atoms with Gasteiger partial charge in [0.25, 0.3) is 0 Å². The maximum Gasteiger partial charge on any atom is 0.0639 e. The van der Waals surface area contributed by atoms with Crippen LogP contribution in [0.5, 0.6) is 0 Å². The van der Waals surface area contributed by atoms with Gasteiger partial charge in [-0.2, -0.15) is 0 Å². The van der Waals surface area contributed by atoms with Crippen molar-refractivity contribution >= 4 is 27.8 Å². The first-order valence-corrected chi connectivity index (χ1v) is 9.64. The first kappa shape index (κ1) is 17.6. The van der Waals surface area contributed by atoms with E-state index in [1.165, 1.54) is 11.4 Å². The number of aliphatic imine (C=N–C) groups is 1. The van der Waals surface area contributed by atoms with E-state index in [1.807, 2.05) is 30.6 Å². The van der Waals surface area contributed by atoms with Crippen LogP contribution in [0.15, 0.2) is 88.5 Å². The lowest BCUT2D eigenvalue weighted by Crippen LogP contribution is -1.98. The molecule has 2 aromatic carbocycles. The Balaban J connectivity index is 1.58. The lowest BCUT2D eigenvalue weighted by Gasteiger charge is -2.09. The van der Waals surface area contributed by atoms with Gasteiger partial charge in [-0.15, -0.1) is 0 Å². The second kappa shape index (κ2) is 7.41. The molecule has 4 heteroatoms. The van der Waals surface area contributed by atoms with Crippen molar-refractivity contribution in [1.29, 1.82) is 0 Å². The molecule has 0 aliphatic heterocycles. The van der Waals surface area contributed by atoms with Crippen LogP contribution in [-0.2, 0) is 0 Å². The minimum absolute atomic E-state index is 0.935. The molecular formula is C23H20BrN3. The maximum atomic E-state index is 4.66. The summed E-state index contributed by atoms with van der Waals surface area (Å²) in [7, 11) is 0. The van der Waals surface area contributed by atoms with Crippen molar-refractivity contribution < 1.29 is 0 Å². The molecule has 0 saturated carbocycles. The topological polar surface area (TPSA) is 22.2 Å². The molecule has 0 aliphatic rings. The van der Waals surface area contributed by atoms with Gasteiger partial charge in [-0.1, -0.05) is 15.9 Å². The zero-order chi connectivity index (χ0) is 18.8. The van der Waals surface area contributed by atoms with Crippen LogP contribution in [0.1, 0.15) is 17.1 Å². The van der Waals surface area contributed by atoms with Crippen LogP contribution in [0.4, 0.5) is 5.69 Å². The van der Waals surface area contributed by atoms with E-state index in [0.717, 1.165) is 27.2 Å². The Bertz CT molecular complexity index is 1060. The molecule has 0 amide bonds. The predicted molar refractivity (Wildman–Crippen MR) is 116 cm³/mol. The summed E-state index contributed by atoms with van der Waals surface area (Å²) >= 11 is 3.48. The van der Waals surface area contributed by atoms with Gasteiger partial charge < -0.3 is 9.13 Å². The largest absolute Gasteiger partial charge is 0.319 e. The standard InChI is InChI=1S/C23H20BrN3/c1-17-5-6-18(2)27(17)22-13-9-20(10-14-22)25-16-23-4-3-15-26(23)21-11-7-19(24)8-12-21/h3-16H,1-2H3. The highest BCUT2D eigenvalue weighted by molar-refractivity contribution is 9.10. The number of hydrogen-bond donors (Lipinski definition) is 0. The van der Waals surface area contributed by atoms with E-state index in [-0.39, 0.29) is 0 Å². The molecule has 0 atom stereocenters. The number of nitrogens with zero attached hydrogens (tertiary/aromatic N) is 3. The zero-order valence-corrected chi connectivity index (χ0v) is 16.9. The SMILES string of the molecule is Cc1ccc(C)n1-c1ccc(N=Cc2cccn2-c2ccc(Br)cc2)cc1. The van der Waals surface area contributed by atoms with Crippen LogP contribution in [0, 0.1) is 13.8 Å². The fraction of sp³-hybridized carbons (Fsp3) is 0.0870. The minimum atomic E-state index is 0.935. The molecule has 0 bridgehead atoms. The van der Waals surface area contributed by atoms with E-state index in [9.17, 15) is 0 Å². The average molecular weight is 418 g/mol. The van der Waals surface area contributed by atoms with Gasteiger partial charge in [0.2, 0.25) is 0 Å². The van der Waals surface area contributed by atoms with Crippen molar-refractivity contribution in [1.82, 2.24) is 9.13 Å². The van der Waals surface area contributed by atoms with Crippen LogP contribution in [0.2, 0.25) is 0 Å². The smallest absolute Gasteiger partial charge is 0.0639 e. The quantitative estimate of drug-likeness (QED) is 0.342. The summed E-state index contributed by atoms with van der Waals surface area (Å²) in [5.74, 6) is 0. The second-order valence-corrected chi connectivity index (χ2v) is 7.42. The Morgan fingerprint density at radius 3 is 2.07 bits per heavy atom.